The van der Waals surface area contributed by atoms with Gasteiger partial charge in [0.15, 0.2) is 0 Å². The maximum absolute atomic E-state index is 11.1. The van der Waals surface area contributed by atoms with E-state index >= 15 is 0 Å². The number of aliphatic hydroxyl groups is 1. The van der Waals surface area contributed by atoms with E-state index in [1.807, 2.05) is 0 Å². The highest BCUT2D eigenvalue weighted by atomic mass is 16.3. The highest BCUT2D eigenvalue weighted by Gasteiger charge is 2.42. The van der Waals surface area contributed by atoms with E-state index in [0.29, 0.717) is 5.92 Å². The summed E-state index contributed by atoms with van der Waals surface area (Å²) >= 11 is 0. The van der Waals surface area contributed by atoms with Gasteiger partial charge in [0.2, 0.25) is 0 Å². The van der Waals surface area contributed by atoms with E-state index in [0.717, 1.165) is 31.1 Å². The maximum atomic E-state index is 11.1. The molecule has 1 saturated carbocycles. The lowest BCUT2D eigenvalue weighted by atomic mass is 9.64. The Morgan fingerprint density at radius 2 is 1.79 bits per heavy atom. The number of aryl methyl sites for hydroxylation is 1. The molecule has 2 aliphatic carbocycles. The third kappa shape index (κ3) is 2.45. The third-order valence-electron chi connectivity index (χ3n) is 5.80. The van der Waals surface area contributed by atoms with Gasteiger partial charge < -0.3 is 5.11 Å². The highest BCUT2D eigenvalue weighted by molar-refractivity contribution is 5.31. The van der Waals surface area contributed by atoms with Crippen molar-refractivity contribution in [2.75, 3.05) is 0 Å². The van der Waals surface area contributed by atoms with Crippen LogP contribution in [0.25, 0.3) is 0 Å². The van der Waals surface area contributed by atoms with Crippen LogP contribution in [0.1, 0.15) is 50.7 Å². The van der Waals surface area contributed by atoms with Crippen molar-refractivity contribution in [3.63, 3.8) is 0 Å². The van der Waals surface area contributed by atoms with Gasteiger partial charge in [-0.15, -0.1) is 0 Å². The fourth-order valence-electron chi connectivity index (χ4n) is 4.13. The van der Waals surface area contributed by atoms with Crippen LogP contribution in [0.2, 0.25) is 0 Å². The van der Waals surface area contributed by atoms with Crippen molar-refractivity contribution in [2.45, 2.75) is 58.0 Å². The molecule has 0 aliphatic heterocycles. The Kier molecular flexibility index (Phi) is 3.42. The molecule has 0 spiro atoms. The standard InChI is InChI=1S/C18H26O/c1-13-7-8-17(11-14(13)2)18(19)10-9-15-5-3-4-6-16(15)12-18/h3-6,13-14,17,19H,7-12H2,1-2H3. The summed E-state index contributed by atoms with van der Waals surface area (Å²) in [6.45, 7) is 4.72. The molecule has 1 fully saturated rings. The van der Waals surface area contributed by atoms with E-state index in [9.17, 15) is 5.11 Å². The number of benzene rings is 1. The second-order valence-corrected chi connectivity index (χ2v) is 7.01. The predicted octanol–water partition coefficient (Wildman–Crippen LogP) is 3.98. The summed E-state index contributed by atoms with van der Waals surface area (Å²) in [6.07, 6.45) is 6.58. The van der Waals surface area contributed by atoms with E-state index in [4.69, 9.17) is 0 Å². The molecule has 3 rings (SSSR count). The van der Waals surface area contributed by atoms with Crippen LogP contribution in [-0.4, -0.2) is 10.7 Å². The second kappa shape index (κ2) is 4.94. The van der Waals surface area contributed by atoms with Gasteiger partial charge in [0.25, 0.3) is 0 Å². The van der Waals surface area contributed by atoms with Crippen molar-refractivity contribution in [3.05, 3.63) is 35.4 Å². The quantitative estimate of drug-likeness (QED) is 0.808. The van der Waals surface area contributed by atoms with Crippen LogP contribution in [0.15, 0.2) is 24.3 Å². The number of fused-ring (bicyclic) bond motifs is 1. The molecular weight excluding hydrogens is 232 g/mol. The number of rotatable bonds is 1. The fraction of sp³-hybridized carbons (Fsp3) is 0.667. The molecule has 0 aromatic heterocycles. The summed E-state index contributed by atoms with van der Waals surface area (Å²) in [7, 11) is 0. The van der Waals surface area contributed by atoms with Gasteiger partial charge in [-0.25, -0.2) is 0 Å². The van der Waals surface area contributed by atoms with Gasteiger partial charge in [0.05, 0.1) is 5.60 Å². The Balaban J connectivity index is 1.78. The lowest BCUT2D eigenvalue weighted by Gasteiger charge is -2.44. The van der Waals surface area contributed by atoms with Gasteiger partial charge in [-0.2, -0.15) is 0 Å². The van der Waals surface area contributed by atoms with Crippen molar-refractivity contribution in [2.24, 2.45) is 17.8 Å². The summed E-state index contributed by atoms with van der Waals surface area (Å²) in [6, 6.07) is 8.65. The maximum Gasteiger partial charge on any atom is 0.0719 e. The molecule has 104 valence electrons. The molecule has 0 heterocycles. The minimum Gasteiger partial charge on any atom is -0.389 e. The van der Waals surface area contributed by atoms with Crippen molar-refractivity contribution < 1.29 is 5.11 Å². The highest BCUT2D eigenvalue weighted by Crippen LogP contribution is 2.44. The minimum absolute atomic E-state index is 0.442. The van der Waals surface area contributed by atoms with E-state index in [1.54, 1.807) is 0 Å². The van der Waals surface area contributed by atoms with Crippen LogP contribution >= 0.6 is 0 Å². The van der Waals surface area contributed by atoms with Gasteiger partial charge in [-0.3, -0.25) is 0 Å². The zero-order chi connectivity index (χ0) is 13.5. The zero-order valence-electron chi connectivity index (χ0n) is 12.2. The summed E-state index contributed by atoms with van der Waals surface area (Å²) in [4.78, 5) is 0. The smallest absolute Gasteiger partial charge is 0.0719 e. The number of hydrogen-bond acceptors (Lipinski definition) is 1. The van der Waals surface area contributed by atoms with E-state index in [2.05, 4.69) is 38.1 Å². The lowest BCUT2D eigenvalue weighted by Crippen LogP contribution is -2.45. The minimum atomic E-state index is -0.442. The average Bonchev–Trinajstić information content (AvgIpc) is 2.41. The summed E-state index contributed by atoms with van der Waals surface area (Å²) in [5.74, 6) is 2.10. The lowest BCUT2D eigenvalue weighted by molar-refractivity contribution is -0.0568. The molecular formula is C18H26O. The van der Waals surface area contributed by atoms with Crippen molar-refractivity contribution in [3.8, 4) is 0 Å². The Morgan fingerprint density at radius 3 is 2.53 bits per heavy atom. The van der Waals surface area contributed by atoms with Gasteiger partial charge in [-0.05, 0) is 54.6 Å². The predicted molar refractivity (Wildman–Crippen MR) is 79.1 cm³/mol. The molecule has 4 unspecified atom stereocenters. The molecule has 0 saturated heterocycles. The first-order valence-corrected chi connectivity index (χ1v) is 7.87. The van der Waals surface area contributed by atoms with E-state index in [-0.39, 0.29) is 0 Å². The van der Waals surface area contributed by atoms with Crippen molar-refractivity contribution in [1.29, 1.82) is 0 Å². The van der Waals surface area contributed by atoms with Crippen LogP contribution in [-0.2, 0) is 12.8 Å². The average molecular weight is 258 g/mol. The first kappa shape index (κ1) is 13.2. The van der Waals surface area contributed by atoms with Crippen LogP contribution in [0.3, 0.4) is 0 Å². The Labute approximate surface area is 117 Å². The van der Waals surface area contributed by atoms with Crippen molar-refractivity contribution >= 4 is 0 Å². The van der Waals surface area contributed by atoms with Crippen LogP contribution in [0.4, 0.5) is 0 Å². The summed E-state index contributed by atoms with van der Waals surface area (Å²) in [5, 5.41) is 11.1. The largest absolute Gasteiger partial charge is 0.389 e. The first-order chi connectivity index (χ1) is 9.08. The van der Waals surface area contributed by atoms with Crippen molar-refractivity contribution in [1.82, 2.24) is 0 Å². The Bertz CT molecular complexity index is 453. The summed E-state index contributed by atoms with van der Waals surface area (Å²) < 4.78 is 0. The van der Waals surface area contributed by atoms with Crippen LogP contribution in [0.5, 0.6) is 0 Å². The van der Waals surface area contributed by atoms with Gasteiger partial charge >= 0.3 is 0 Å². The molecule has 1 nitrogen and oxygen atoms in total. The summed E-state index contributed by atoms with van der Waals surface area (Å²) in [5.41, 5.74) is 2.38. The molecule has 19 heavy (non-hydrogen) atoms. The Morgan fingerprint density at radius 1 is 1.05 bits per heavy atom. The third-order valence-corrected chi connectivity index (χ3v) is 5.80. The second-order valence-electron chi connectivity index (χ2n) is 7.01. The molecule has 0 radical (unpaired) electrons. The topological polar surface area (TPSA) is 20.2 Å². The normalized spacial score (nSPS) is 38.8. The van der Waals surface area contributed by atoms with Crippen LogP contribution < -0.4 is 0 Å². The van der Waals surface area contributed by atoms with E-state index < -0.39 is 5.60 Å². The monoisotopic (exact) mass is 258 g/mol. The molecule has 0 amide bonds. The molecule has 1 aromatic rings. The fourth-order valence-corrected chi connectivity index (χ4v) is 4.13. The van der Waals surface area contributed by atoms with Gasteiger partial charge in [0.1, 0.15) is 0 Å². The van der Waals surface area contributed by atoms with Gasteiger partial charge in [0, 0.05) is 6.42 Å². The molecule has 1 heteroatoms. The van der Waals surface area contributed by atoms with E-state index in [1.165, 1.54) is 30.4 Å². The zero-order valence-corrected chi connectivity index (χ0v) is 12.2. The Hall–Kier alpha value is -0.820. The molecule has 4 atom stereocenters. The molecule has 2 aliphatic rings. The molecule has 0 bridgehead atoms. The first-order valence-electron chi connectivity index (χ1n) is 7.87. The SMILES string of the molecule is CC1CCC(C2(O)CCc3ccccc3C2)CC1C. The molecule has 1 aromatic carbocycles. The van der Waals surface area contributed by atoms with Gasteiger partial charge in [-0.1, -0.05) is 44.5 Å². The number of hydrogen-bond donors (Lipinski definition) is 1. The molecule has 1 N–H and O–H groups in total. The van der Waals surface area contributed by atoms with Crippen LogP contribution in [0, 0.1) is 17.8 Å².